The van der Waals surface area contributed by atoms with E-state index < -0.39 is 5.97 Å². The molecule has 1 heterocycles. The van der Waals surface area contributed by atoms with Crippen LogP contribution in [0.1, 0.15) is 26.0 Å². The van der Waals surface area contributed by atoms with Crippen LogP contribution in [0.4, 0.5) is 0 Å². The number of aromatic nitrogens is 2. The summed E-state index contributed by atoms with van der Waals surface area (Å²) in [5.74, 6) is -0.748. The van der Waals surface area contributed by atoms with Crippen molar-refractivity contribution in [3.05, 3.63) is 18.0 Å². The molecule has 1 rings (SSSR count). The van der Waals surface area contributed by atoms with E-state index in [1.54, 1.807) is 6.20 Å². The molecule has 0 bridgehead atoms. The number of hydrogen-bond acceptors (Lipinski definition) is 3. The van der Waals surface area contributed by atoms with Gasteiger partial charge in [-0.25, -0.2) is 0 Å². The molecule has 0 saturated heterocycles. The van der Waals surface area contributed by atoms with Gasteiger partial charge < -0.3 is 5.11 Å². The van der Waals surface area contributed by atoms with E-state index >= 15 is 0 Å². The van der Waals surface area contributed by atoms with Crippen LogP contribution < -0.4 is 0 Å². The smallest absolute Gasteiger partial charge is 0.304 e. The molecule has 1 aromatic heterocycles. The normalized spacial score (nSPS) is 10.9. The zero-order valence-electron chi connectivity index (χ0n) is 9.89. The van der Waals surface area contributed by atoms with Crippen LogP contribution >= 0.6 is 0 Å². The van der Waals surface area contributed by atoms with E-state index in [1.165, 1.54) is 0 Å². The Morgan fingerprint density at radius 1 is 1.56 bits per heavy atom. The third-order valence-corrected chi connectivity index (χ3v) is 2.58. The van der Waals surface area contributed by atoms with Crippen LogP contribution in [0.15, 0.2) is 12.3 Å². The summed E-state index contributed by atoms with van der Waals surface area (Å²) in [6, 6.07) is 1.98. The van der Waals surface area contributed by atoms with Crippen LogP contribution in [0.2, 0.25) is 0 Å². The van der Waals surface area contributed by atoms with Gasteiger partial charge in [-0.2, -0.15) is 5.10 Å². The van der Waals surface area contributed by atoms with Crippen molar-refractivity contribution in [2.75, 3.05) is 13.1 Å². The first-order valence-electron chi connectivity index (χ1n) is 5.62. The van der Waals surface area contributed by atoms with Crippen molar-refractivity contribution in [2.24, 2.45) is 0 Å². The number of nitrogens with zero attached hydrogens (tertiary/aromatic N) is 3. The SMILES string of the molecule is CCN(CCC(=O)O)Cc1ccnn1CC. The lowest BCUT2D eigenvalue weighted by molar-refractivity contribution is -0.137. The van der Waals surface area contributed by atoms with Crippen LogP contribution in [0.25, 0.3) is 0 Å². The fourth-order valence-electron chi connectivity index (χ4n) is 1.61. The summed E-state index contributed by atoms with van der Waals surface area (Å²) >= 11 is 0. The second-order valence-corrected chi connectivity index (χ2v) is 3.65. The maximum absolute atomic E-state index is 10.5. The minimum atomic E-state index is -0.748. The number of carboxylic acid groups (broad SMARTS) is 1. The first kappa shape index (κ1) is 12.7. The largest absolute Gasteiger partial charge is 0.481 e. The highest BCUT2D eigenvalue weighted by atomic mass is 16.4. The van der Waals surface area contributed by atoms with Crippen molar-refractivity contribution in [1.82, 2.24) is 14.7 Å². The molecule has 0 amide bonds. The monoisotopic (exact) mass is 225 g/mol. The van der Waals surface area contributed by atoms with Gasteiger partial charge in [0, 0.05) is 25.8 Å². The molecule has 5 heteroatoms. The molecule has 5 nitrogen and oxygen atoms in total. The Balaban J connectivity index is 2.52. The molecule has 1 aromatic rings. The maximum atomic E-state index is 10.5. The van der Waals surface area contributed by atoms with E-state index in [2.05, 4.69) is 10.00 Å². The van der Waals surface area contributed by atoms with Gasteiger partial charge in [0.25, 0.3) is 0 Å². The lowest BCUT2D eigenvalue weighted by Gasteiger charge is -2.19. The average molecular weight is 225 g/mol. The van der Waals surface area contributed by atoms with Crippen LogP contribution in [0.3, 0.4) is 0 Å². The lowest BCUT2D eigenvalue weighted by Crippen LogP contribution is -2.27. The van der Waals surface area contributed by atoms with Crippen molar-refractivity contribution in [1.29, 1.82) is 0 Å². The minimum Gasteiger partial charge on any atom is -0.481 e. The molecule has 0 fully saturated rings. The van der Waals surface area contributed by atoms with E-state index in [-0.39, 0.29) is 6.42 Å². The highest BCUT2D eigenvalue weighted by molar-refractivity contribution is 5.66. The molecule has 0 spiro atoms. The van der Waals surface area contributed by atoms with Gasteiger partial charge in [-0.15, -0.1) is 0 Å². The van der Waals surface area contributed by atoms with Gasteiger partial charge >= 0.3 is 5.97 Å². The standard InChI is InChI=1S/C11H19N3O2/c1-3-13(8-6-11(15)16)9-10-5-7-12-14(10)4-2/h5,7H,3-4,6,8-9H2,1-2H3,(H,15,16). The first-order chi connectivity index (χ1) is 7.67. The van der Waals surface area contributed by atoms with Gasteiger partial charge in [0.2, 0.25) is 0 Å². The predicted molar refractivity (Wildman–Crippen MR) is 61.1 cm³/mol. The van der Waals surface area contributed by atoms with Crippen LogP contribution in [-0.4, -0.2) is 38.8 Å². The molecule has 0 aliphatic heterocycles. The van der Waals surface area contributed by atoms with E-state index in [0.29, 0.717) is 6.54 Å². The summed E-state index contributed by atoms with van der Waals surface area (Å²) in [4.78, 5) is 12.6. The second kappa shape index (κ2) is 6.27. The van der Waals surface area contributed by atoms with Crippen molar-refractivity contribution in [2.45, 2.75) is 33.4 Å². The van der Waals surface area contributed by atoms with Crippen molar-refractivity contribution in [3.8, 4) is 0 Å². The number of aliphatic carboxylic acids is 1. The summed E-state index contributed by atoms with van der Waals surface area (Å²) in [6.07, 6.45) is 1.97. The average Bonchev–Trinajstić information content (AvgIpc) is 2.70. The van der Waals surface area contributed by atoms with Crippen molar-refractivity contribution >= 4 is 5.97 Å². The van der Waals surface area contributed by atoms with Crippen LogP contribution in [0, 0.1) is 0 Å². The van der Waals surface area contributed by atoms with Gasteiger partial charge in [-0.3, -0.25) is 14.4 Å². The van der Waals surface area contributed by atoms with Gasteiger partial charge in [-0.1, -0.05) is 6.92 Å². The summed E-state index contributed by atoms with van der Waals surface area (Å²) in [6.45, 7) is 7.12. The number of carboxylic acids is 1. The molecule has 0 saturated carbocycles. The molecule has 0 aromatic carbocycles. The number of aryl methyl sites for hydroxylation is 1. The Morgan fingerprint density at radius 3 is 2.88 bits per heavy atom. The number of rotatable bonds is 7. The fourth-order valence-corrected chi connectivity index (χ4v) is 1.61. The summed E-state index contributed by atoms with van der Waals surface area (Å²) in [5.41, 5.74) is 1.13. The van der Waals surface area contributed by atoms with Crippen molar-refractivity contribution in [3.63, 3.8) is 0 Å². The highest BCUT2D eigenvalue weighted by Gasteiger charge is 2.08. The third-order valence-electron chi connectivity index (χ3n) is 2.58. The molecule has 1 N–H and O–H groups in total. The van der Waals surface area contributed by atoms with E-state index in [9.17, 15) is 4.79 Å². The molecular weight excluding hydrogens is 206 g/mol. The maximum Gasteiger partial charge on any atom is 0.304 e. The van der Waals surface area contributed by atoms with Gasteiger partial charge in [0.15, 0.2) is 0 Å². The molecule has 0 radical (unpaired) electrons. The summed E-state index contributed by atoms with van der Waals surface area (Å²) in [7, 11) is 0. The summed E-state index contributed by atoms with van der Waals surface area (Å²) < 4.78 is 1.93. The van der Waals surface area contributed by atoms with Crippen LogP contribution in [0.5, 0.6) is 0 Å². The van der Waals surface area contributed by atoms with Gasteiger partial charge in [-0.05, 0) is 19.5 Å². The van der Waals surface area contributed by atoms with E-state index in [4.69, 9.17) is 5.11 Å². The van der Waals surface area contributed by atoms with E-state index in [1.807, 2.05) is 24.6 Å². The molecular formula is C11H19N3O2. The minimum absolute atomic E-state index is 0.189. The fraction of sp³-hybridized carbons (Fsp3) is 0.636. The molecule has 16 heavy (non-hydrogen) atoms. The number of hydrogen-bond donors (Lipinski definition) is 1. The molecule has 0 unspecified atom stereocenters. The molecule has 0 atom stereocenters. The quantitative estimate of drug-likeness (QED) is 0.757. The topological polar surface area (TPSA) is 58.4 Å². The molecule has 90 valence electrons. The summed E-state index contributed by atoms with van der Waals surface area (Å²) in [5, 5.41) is 12.8. The Hall–Kier alpha value is -1.36. The van der Waals surface area contributed by atoms with Crippen LogP contribution in [-0.2, 0) is 17.9 Å². The molecule has 0 aliphatic carbocycles. The van der Waals surface area contributed by atoms with E-state index in [0.717, 1.165) is 25.3 Å². The molecule has 0 aliphatic rings. The first-order valence-corrected chi connectivity index (χ1v) is 5.62. The number of carbonyl (C=O) groups is 1. The predicted octanol–water partition coefficient (Wildman–Crippen LogP) is 1.20. The zero-order chi connectivity index (χ0) is 12.0. The van der Waals surface area contributed by atoms with Gasteiger partial charge in [0.1, 0.15) is 0 Å². The van der Waals surface area contributed by atoms with Crippen molar-refractivity contribution < 1.29 is 9.90 Å². The second-order valence-electron chi connectivity index (χ2n) is 3.65. The Kier molecular flexibility index (Phi) is 4.98. The highest BCUT2D eigenvalue weighted by Crippen LogP contribution is 2.05. The third kappa shape index (κ3) is 3.66. The zero-order valence-corrected chi connectivity index (χ0v) is 9.89. The van der Waals surface area contributed by atoms with Gasteiger partial charge in [0.05, 0.1) is 12.1 Å². The Bertz CT molecular complexity index is 336. The Morgan fingerprint density at radius 2 is 2.31 bits per heavy atom. The lowest BCUT2D eigenvalue weighted by atomic mass is 10.3. The Labute approximate surface area is 95.7 Å².